The molecule has 26 heteroatoms. The zero-order valence-electron chi connectivity index (χ0n) is 15.0. The van der Waals surface area contributed by atoms with Crippen LogP contribution in [0.3, 0.4) is 0 Å². The lowest BCUT2D eigenvalue weighted by Gasteiger charge is -2.43. The number of rotatable bonds is 10. The van der Waals surface area contributed by atoms with E-state index in [0.717, 1.165) is 4.74 Å². The number of hydrogen-bond acceptors (Lipinski definition) is 4. The van der Waals surface area contributed by atoms with Gasteiger partial charge in [-0.05, 0) is 0 Å². The first kappa shape index (κ1) is 34.4. The first-order valence-corrected chi connectivity index (χ1v) is 8.49. The van der Waals surface area contributed by atoms with Crippen LogP contribution in [0.1, 0.15) is 0 Å². The van der Waals surface area contributed by atoms with Crippen LogP contribution < -0.4 is 0 Å². The lowest BCUT2D eigenvalue weighted by atomic mass is 9.90. The summed E-state index contributed by atoms with van der Waals surface area (Å²) in [4.78, 5) is 0. The molecule has 0 N–H and O–H groups in total. The maximum absolute atomic E-state index is 13.3. The molecule has 0 spiro atoms. The standard InChI is InChI=1S/C10HF21O4S/c11-1(12,3(15,16)5(19,20)7(23,24)25)2(13,14)4(17,18)6(21,22)8(26,27)35-9(28,29)10(30,31)36(32,33)34/h(H,32,33,34)/p-1. The maximum Gasteiger partial charge on any atom is 0.460 e. The van der Waals surface area contributed by atoms with E-state index in [1.807, 2.05) is 0 Å². The fraction of sp³-hybridized carbons (Fsp3) is 1.00. The van der Waals surface area contributed by atoms with E-state index >= 15 is 0 Å². The van der Waals surface area contributed by atoms with Crippen molar-refractivity contribution in [2.24, 2.45) is 0 Å². The SMILES string of the molecule is O=S(=O)([O-])C(F)(F)C(F)(F)OC(F)(F)C(F)(F)C(F)(F)C(F)(F)C(F)(F)C(F)(F)C(F)(F)C(F)(F)F. The molecule has 0 rings (SSSR count). The molecule has 36 heavy (non-hydrogen) atoms. The zero-order chi connectivity index (χ0) is 30.2. The Kier molecular flexibility index (Phi) is 7.83. The van der Waals surface area contributed by atoms with Gasteiger partial charge in [0.05, 0.1) is 0 Å². The van der Waals surface area contributed by atoms with Crippen molar-refractivity contribution in [3.8, 4) is 0 Å². The van der Waals surface area contributed by atoms with Crippen molar-refractivity contribution in [2.75, 3.05) is 0 Å². The van der Waals surface area contributed by atoms with Crippen molar-refractivity contribution in [2.45, 2.75) is 59.2 Å². The van der Waals surface area contributed by atoms with E-state index in [9.17, 15) is 105 Å². The van der Waals surface area contributed by atoms with Crippen LogP contribution in [0.25, 0.3) is 0 Å². The second kappa shape index (κ2) is 8.20. The summed E-state index contributed by atoms with van der Waals surface area (Å²) in [7, 11) is -8.00. The van der Waals surface area contributed by atoms with Gasteiger partial charge in [-0.25, -0.2) is 13.2 Å². The molecule has 0 amide bonds. The van der Waals surface area contributed by atoms with Crippen molar-refractivity contribution < 1.29 is 110 Å². The molecule has 0 aliphatic carbocycles. The molecule has 218 valence electrons. The molecule has 0 fully saturated rings. The summed E-state index contributed by atoms with van der Waals surface area (Å²) in [5.41, 5.74) is 0. The average molecular weight is 615 g/mol. The molecule has 0 aliphatic rings. The van der Waals surface area contributed by atoms with Gasteiger partial charge in [-0.3, -0.25) is 0 Å². The summed E-state index contributed by atoms with van der Waals surface area (Å²) in [6, 6.07) is 0. The molecule has 0 heterocycles. The average Bonchev–Trinajstić information content (AvgIpc) is 2.57. The van der Waals surface area contributed by atoms with Crippen molar-refractivity contribution in [3.05, 3.63) is 0 Å². The van der Waals surface area contributed by atoms with Gasteiger partial charge in [0.1, 0.15) is 0 Å². The Bertz CT molecular complexity index is 931. The van der Waals surface area contributed by atoms with Crippen molar-refractivity contribution >= 4 is 10.1 Å². The van der Waals surface area contributed by atoms with Gasteiger partial charge in [-0.1, -0.05) is 0 Å². The van der Waals surface area contributed by atoms with Crippen LogP contribution in [0, 0.1) is 0 Å². The zero-order valence-corrected chi connectivity index (χ0v) is 15.8. The molecule has 0 aromatic rings. The Labute approximate surface area is 180 Å². The lowest BCUT2D eigenvalue weighted by molar-refractivity contribution is -0.506. The highest BCUT2D eigenvalue weighted by Gasteiger charge is 2.96. The molecule has 4 nitrogen and oxygen atoms in total. The topological polar surface area (TPSA) is 66.4 Å². The monoisotopic (exact) mass is 615 g/mol. The Morgan fingerprint density at radius 3 is 0.917 bits per heavy atom. The minimum absolute atomic E-state index is 0.963. The van der Waals surface area contributed by atoms with Crippen LogP contribution in [0.2, 0.25) is 0 Å². The molecule has 0 bridgehead atoms. The van der Waals surface area contributed by atoms with Crippen LogP contribution in [0.15, 0.2) is 0 Å². The highest BCUT2D eigenvalue weighted by atomic mass is 32.2. The van der Waals surface area contributed by atoms with Gasteiger partial charge in [0.15, 0.2) is 10.1 Å². The van der Waals surface area contributed by atoms with Gasteiger partial charge in [-0.2, -0.15) is 92.2 Å². The molecule has 0 saturated heterocycles. The van der Waals surface area contributed by atoms with Crippen LogP contribution >= 0.6 is 0 Å². The van der Waals surface area contributed by atoms with Gasteiger partial charge in [0.25, 0.3) is 0 Å². The molecule has 0 atom stereocenters. The second-order valence-electron chi connectivity index (χ2n) is 6.05. The predicted molar refractivity (Wildman–Crippen MR) is 61.4 cm³/mol. The third kappa shape index (κ3) is 4.38. The summed E-state index contributed by atoms with van der Waals surface area (Å²) in [5, 5.41) is -7.66. The first-order valence-electron chi connectivity index (χ1n) is 7.08. The third-order valence-electron chi connectivity index (χ3n) is 3.60. The van der Waals surface area contributed by atoms with E-state index in [0.29, 0.717) is 0 Å². The van der Waals surface area contributed by atoms with Gasteiger partial charge in [0.2, 0.25) is 0 Å². The van der Waals surface area contributed by atoms with Gasteiger partial charge >= 0.3 is 59.2 Å². The molecule has 0 saturated carbocycles. The minimum atomic E-state index is -9.24. The summed E-state index contributed by atoms with van der Waals surface area (Å²) in [6.07, 6.45) is -24.5. The van der Waals surface area contributed by atoms with E-state index in [1.54, 1.807) is 0 Å². The molecular weight excluding hydrogens is 615 g/mol. The van der Waals surface area contributed by atoms with E-state index < -0.39 is 69.3 Å². The third-order valence-corrected chi connectivity index (χ3v) is 4.47. The molecule has 0 aliphatic heterocycles. The smallest absolute Gasteiger partial charge is 0.460 e. The fourth-order valence-corrected chi connectivity index (χ4v) is 1.91. The highest BCUT2D eigenvalue weighted by Crippen LogP contribution is 2.64. The Hall–Kier alpha value is -1.60. The number of halogens is 21. The summed E-state index contributed by atoms with van der Waals surface area (Å²) >= 11 is 0. The molecule has 0 aromatic carbocycles. The highest BCUT2D eigenvalue weighted by molar-refractivity contribution is 7.86. The summed E-state index contributed by atoms with van der Waals surface area (Å²) < 4.78 is 300. The quantitative estimate of drug-likeness (QED) is 0.234. The Balaban J connectivity index is 6.91. The lowest BCUT2D eigenvalue weighted by Crippen LogP contribution is -2.75. The van der Waals surface area contributed by atoms with Crippen LogP contribution in [-0.4, -0.2) is 72.2 Å². The maximum atomic E-state index is 13.3. The Morgan fingerprint density at radius 1 is 0.417 bits per heavy atom. The number of ether oxygens (including phenoxy) is 1. The normalized spacial score (nSPS) is 16.9. The van der Waals surface area contributed by atoms with Gasteiger partial charge < -0.3 is 4.55 Å². The van der Waals surface area contributed by atoms with Crippen molar-refractivity contribution in [1.82, 2.24) is 0 Å². The fourth-order valence-electron chi connectivity index (χ4n) is 1.58. The van der Waals surface area contributed by atoms with Crippen molar-refractivity contribution in [1.29, 1.82) is 0 Å². The van der Waals surface area contributed by atoms with E-state index in [1.165, 1.54) is 0 Å². The molecular formula is C10F21O4S-. The van der Waals surface area contributed by atoms with Gasteiger partial charge in [0, 0.05) is 0 Å². The summed E-state index contributed by atoms with van der Waals surface area (Å²) in [6.45, 7) is 0. The first-order chi connectivity index (χ1) is 15.0. The van der Waals surface area contributed by atoms with Crippen LogP contribution in [-0.2, 0) is 14.9 Å². The van der Waals surface area contributed by atoms with E-state index in [4.69, 9.17) is 0 Å². The van der Waals surface area contributed by atoms with E-state index in [-0.39, 0.29) is 0 Å². The molecule has 0 unspecified atom stereocenters. The summed E-state index contributed by atoms with van der Waals surface area (Å²) in [5.74, 6) is -54.0. The van der Waals surface area contributed by atoms with Crippen molar-refractivity contribution in [3.63, 3.8) is 0 Å². The van der Waals surface area contributed by atoms with Crippen LogP contribution in [0.4, 0.5) is 92.2 Å². The number of alkyl halides is 21. The van der Waals surface area contributed by atoms with Crippen LogP contribution in [0.5, 0.6) is 0 Å². The predicted octanol–water partition coefficient (Wildman–Crippen LogP) is 5.70. The Morgan fingerprint density at radius 2 is 0.667 bits per heavy atom. The number of hydrogen-bond donors (Lipinski definition) is 0. The molecule has 0 radical (unpaired) electrons. The second-order valence-corrected chi connectivity index (χ2v) is 7.47. The van der Waals surface area contributed by atoms with E-state index in [2.05, 4.69) is 0 Å². The largest absolute Gasteiger partial charge is 0.743 e. The molecule has 0 aromatic heterocycles. The van der Waals surface area contributed by atoms with Gasteiger partial charge in [-0.15, -0.1) is 0 Å². The minimum Gasteiger partial charge on any atom is -0.743 e.